The Morgan fingerprint density at radius 3 is 2.14 bits per heavy atom. The molecule has 1 N–H and O–H groups in total. The summed E-state index contributed by atoms with van der Waals surface area (Å²) in [6.07, 6.45) is 0.356. The van der Waals surface area contributed by atoms with E-state index in [1.807, 2.05) is 6.92 Å². The van der Waals surface area contributed by atoms with E-state index in [0.29, 0.717) is 23.7 Å². The van der Waals surface area contributed by atoms with Crippen molar-refractivity contribution >= 4 is 55.1 Å². The minimum atomic E-state index is -4.08. The minimum Gasteiger partial charge on any atom is -0.355 e. The van der Waals surface area contributed by atoms with Crippen molar-refractivity contribution < 1.29 is 18.0 Å². The van der Waals surface area contributed by atoms with Gasteiger partial charge in [-0.15, -0.1) is 0 Å². The number of hydrogen-bond donors (Lipinski definition) is 1. The highest BCUT2D eigenvalue weighted by Gasteiger charge is 2.33. The number of benzene rings is 3. The van der Waals surface area contributed by atoms with E-state index in [2.05, 4.69) is 21.2 Å². The predicted octanol–water partition coefficient (Wildman–Crippen LogP) is 5.24. The van der Waals surface area contributed by atoms with Gasteiger partial charge in [0.1, 0.15) is 12.6 Å². The summed E-state index contributed by atoms with van der Waals surface area (Å²) < 4.78 is 29.2. The third-order valence-electron chi connectivity index (χ3n) is 5.73. The van der Waals surface area contributed by atoms with Gasteiger partial charge in [0.15, 0.2) is 0 Å². The van der Waals surface area contributed by atoms with E-state index in [0.717, 1.165) is 14.3 Å². The van der Waals surface area contributed by atoms with Gasteiger partial charge in [-0.2, -0.15) is 0 Å². The monoisotopic (exact) mass is 605 g/mol. The van der Waals surface area contributed by atoms with Gasteiger partial charge in [0.2, 0.25) is 11.8 Å². The van der Waals surface area contributed by atoms with Crippen LogP contribution >= 0.6 is 27.5 Å². The summed E-state index contributed by atoms with van der Waals surface area (Å²) in [7, 11) is -4.08. The van der Waals surface area contributed by atoms with Gasteiger partial charge < -0.3 is 10.2 Å². The largest absolute Gasteiger partial charge is 0.355 e. The van der Waals surface area contributed by atoms with Crippen LogP contribution in [0, 0.1) is 0 Å². The molecule has 0 aliphatic rings. The molecule has 196 valence electrons. The van der Waals surface area contributed by atoms with Crippen molar-refractivity contribution in [3.8, 4) is 0 Å². The maximum Gasteiger partial charge on any atom is 0.264 e. The van der Waals surface area contributed by atoms with Crippen molar-refractivity contribution in [2.24, 2.45) is 0 Å². The Hall–Kier alpha value is -2.88. The standard InChI is InChI=1S/C27H29BrClN3O4S/c1-3-25(27(34)30-4-2)31(18-20-10-14-22(29)15-11-20)26(33)19-32(23-16-12-21(28)13-17-23)37(35,36)24-8-6-5-7-9-24/h5-17,25H,3-4,18-19H2,1-2H3,(H,30,34)/t25-/m1/s1. The van der Waals surface area contributed by atoms with E-state index in [1.165, 1.54) is 17.0 Å². The van der Waals surface area contributed by atoms with E-state index in [4.69, 9.17) is 11.6 Å². The molecular formula is C27H29BrClN3O4S. The average Bonchev–Trinajstić information content (AvgIpc) is 2.89. The normalized spacial score (nSPS) is 12.0. The zero-order chi connectivity index (χ0) is 27.0. The molecule has 3 rings (SSSR count). The van der Waals surface area contributed by atoms with Crippen LogP contribution in [-0.4, -0.2) is 44.3 Å². The fraction of sp³-hybridized carbons (Fsp3) is 0.259. The first kappa shape index (κ1) is 28.7. The quantitative estimate of drug-likeness (QED) is 0.323. The van der Waals surface area contributed by atoms with Gasteiger partial charge >= 0.3 is 0 Å². The molecular weight excluding hydrogens is 578 g/mol. The maximum atomic E-state index is 13.9. The lowest BCUT2D eigenvalue weighted by molar-refractivity contribution is -0.140. The smallest absolute Gasteiger partial charge is 0.264 e. The fourth-order valence-corrected chi connectivity index (χ4v) is 5.68. The summed E-state index contributed by atoms with van der Waals surface area (Å²) in [5, 5.41) is 3.33. The Kier molecular flexibility index (Phi) is 10.1. The van der Waals surface area contributed by atoms with Crippen LogP contribution in [0.5, 0.6) is 0 Å². The number of carbonyl (C=O) groups is 2. The molecule has 0 heterocycles. The number of hydrogen-bond acceptors (Lipinski definition) is 4. The molecule has 37 heavy (non-hydrogen) atoms. The zero-order valence-corrected chi connectivity index (χ0v) is 23.8. The molecule has 10 heteroatoms. The molecule has 0 bridgehead atoms. The Balaban J connectivity index is 2.03. The zero-order valence-electron chi connectivity index (χ0n) is 20.6. The molecule has 7 nitrogen and oxygen atoms in total. The molecule has 0 aliphatic carbocycles. The minimum absolute atomic E-state index is 0.0609. The Morgan fingerprint density at radius 2 is 1.57 bits per heavy atom. The van der Waals surface area contributed by atoms with Gasteiger partial charge in [-0.3, -0.25) is 13.9 Å². The van der Waals surface area contributed by atoms with Crippen molar-refractivity contribution in [2.75, 3.05) is 17.4 Å². The third-order valence-corrected chi connectivity index (χ3v) is 8.30. The van der Waals surface area contributed by atoms with Crippen LogP contribution in [0.25, 0.3) is 0 Å². The van der Waals surface area contributed by atoms with Crippen LogP contribution in [0.15, 0.2) is 88.2 Å². The molecule has 1 atom stereocenters. The SMILES string of the molecule is CCNC(=O)[C@@H](CC)N(Cc1ccc(Cl)cc1)C(=O)CN(c1ccc(Br)cc1)S(=O)(=O)c1ccccc1. The number of amides is 2. The van der Waals surface area contributed by atoms with Gasteiger partial charge in [0, 0.05) is 22.6 Å². The van der Waals surface area contributed by atoms with Gasteiger partial charge in [-0.1, -0.05) is 64.8 Å². The van der Waals surface area contributed by atoms with Crippen LogP contribution in [0.2, 0.25) is 5.02 Å². The molecule has 0 saturated heterocycles. The molecule has 0 unspecified atom stereocenters. The fourth-order valence-electron chi connectivity index (χ4n) is 3.85. The van der Waals surface area contributed by atoms with Crippen molar-refractivity contribution in [1.29, 1.82) is 0 Å². The van der Waals surface area contributed by atoms with E-state index in [1.54, 1.807) is 73.7 Å². The van der Waals surface area contributed by atoms with E-state index >= 15 is 0 Å². The van der Waals surface area contributed by atoms with E-state index < -0.39 is 28.5 Å². The van der Waals surface area contributed by atoms with Crippen LogP contribution in [0.4, 0.5) is 5.69 Å². The first-order valence-electron chi connectivity index (χ1n) is 11.8. The highest BCUT2D eigenvalue weighted by Crippen LogP contribution is 2.26. The number of nitrogens with one attached hydrogen (secondary N) is 1. The number of halogens is 2. The van der Waals surface area contributed by atoms with Crippen LogP contribution in [0.1, 0.15) is 25.8 Å². The number of carbonyl (C=O) groups excluding carboxylic acids is 2. The highest BCUT2D eigenvalue weighted by molar-refractivity contribution is 9.10. The lowest BCUT2D eigenvalue weighted by Gasteiger charge is -2.33. The lowest BCUT2D eigenvalue weighted by atomic mass is 10.1. The number of anilines is 1. The molecule has 0 fully saturated rings. The summed E-state index contributed by atoms with van der Waals surface area (Å²) in [5.74, 6) is -0.802. The molecule has 3 aromatic rings. The molecule has 0 aliphatic heterocycles. The molecule has 0 saturated carbocycles. The molecule has 0 aromatic heterocycles. The van der Waals surface area contributed by atoms with Gasteiger partial charge in [0.05, 0.1) is 10.6 Å². The third kappa shape index (κ3) is 7.34. The molecule has 0 radical (unpaired) electrons. The first-order chi connectivity index (χ1) is 17.7. The summed E-state index contributed by atoms with van der Waals surface area (Å²) >= 11 is 9.40. The van der Waals surface area contributed by atoms with Crippen LogP contribution in [-0.2, 0) is 26.2 Å². The van der Waals surface area contributed by atoms with Gasteiger partial charge in [0.25, 0.3) is 10.0 Å². The lowest BCUT2D eigenvalue weighted by Crippen LogP contribution is -2.52. The Labute approximate surface area is 231 Å². The second-order valence-corrected chi connectivity index (χ2v) is 11.5. The number of nitrogens with zero attached hydrogens (tertiary/aromatic N) is 2. The Bertz CT molecular complexity index is 1300. The van der Waals surface area contributed by atoms with Crippen molar-refractivity contribution in [3.05, 3.63) is 93.9 Å². The first-order valence-corrected chi connectivity index (χ1v) is 14.4. The Morgan fingerprint density at radius 1 is 0.946 bits per heavy atom. The summed E-state index contributed by atoms with van der Waals surface area (Å²) in [4.78, 5) is 28.3. The van der Waals surface area contributed by atoms with Crippen LogP contribution < -0.4 is 9.62 Å². The predicted molar refractivity (Wildman–Crippen MR) is 150 cm³/mol. The van der Waals surface area contributed by atoms with Crippen LogP contribution in [0.3, 0.4) is 0 Å². The number of sulfonamides is 1. The second-order valence-electron chi connectivity index (χ2n) is 8.27. The average molecular weight is 607 g/mol. The van der Waals surface area contributed by atoms with Crippen molar-refractivity contribution in [2.45, 2.75) is 37.8 Å². The molecule has 2 amide bonds. The van der Waals surface area contributed by atoms with Gasteiger partial charge in [-0.25, -0.2) is 8.42 Å². The van der Waals surface area contributed by atoms with Gasteiger partial charge in [-0.05, 0) is 67.4 Å². The summed E-state index contributed by atoms with van der Waals surface area (Å²) in [5.41, 5.74) is 1.10. The second kappa shape index (κ2) is 13.1. The maximum absolute atomic E-state index is 13.9. The summed E-state index contributed by atoms with van der Waals surface area (Å²) in [6.45, 7) is 3.66. The van der Waals surface area contributed by atoms with E-state index in [-0.39, 0.29) is 17.3 Å². The topological polar surface area (TPSA) is 86.8 Å². The van der Waals surface area contributed by atoms with E-state index in [9.17, 15) is 18.0 Å². The number of likely N-dealkylation sites (N-methyl/N-ethyl adjacent to an activating group) is 1. The highest BCUT2D eigenvalue weighted by atomic mass is 79.9. The summed E-state index contributed by atoms with van der Waals surface area (Å²) in [6, 6.07) is 20.8. The number of rotatable bonds is 11. The van der Waals surface area contributed by atoms with Crippen molar-refractivity contribution in [3.63, 3.8) is 0 Å². The van der Waals surface area contributed by atoms with Crippen molar-refractivity contribution in [1.82, 2.24) is 10.2 Å². The molecule has 3 aromatic carbocycles. The molecule has 0 spiro atoms.